The molecule has 4 heteroatoms. The lowest BCUT2D eigenvalue weighted by molar-refractivity contribution is 0.134. The number of fused-ring (bicyclic) bond motifs is 1. The lowest BCUT2D eigenvalue weighted by Gasteiger charge is -2.31. The van der Waals surface area contributed by atoms with Gasteiger partial charge in [0.05, 0.1) is 12.2 Å². The smallest absolute Gasteiger partial charge is 0.161 e. The van der Waals surface area contributed by atoms with Gasteiger partial charge in [-0.1, -0.05) is 6.08 Å². The lowest BCUT2D eigenvalue weighted by atomic mass is 10.2. The van der Waals surface area contributed by atoms with Crippen LogP contribution in [0.1, 0.15) is 12.0 Å². The number of nitrogens with zero attached hydrogens (tertiary/aromatic N) is 3. The molecular formula is C12H13N3O. The molecule has 1 aromatic rings. The van der Waals surface area contributed by atoms with Crippen molar-refractivity contribution in [2.45, 2.75) is 13.0 Å². The highest BCUT2D eigenvalue weighted by atomic mass is 16.5. The molecule has 0 bridgehead atoms. The summed E-state index contributed by atoms with van der Waals surface area (Å²) >= 11 is 0. The molecular weight excluding hydrogens is 202 g/mol. The zero-order valence-electron chi connectivity index (χ0n) is 8.97. The summed E-state index contributed by atoms with van der Waals surface area (Å²) in [5.41, 5.74) is 2.29. The van der Waals surface area contributed by atoms with Crippen LogP contribution in [0.15, 0.2) is 35.2 Å². The van der Waals surface area contributed by atoms with Crippen molar-refractivity contribution in [3.63, 3.8) is 0 Å². The van der Waals surface area contributed by atoms with Crippen molar-refractivity contribution in [3.8, 4) is 5.75 Å². The predicted octanol–water partition coefficient (Wildman–Crippen LogP) is 1.59. The number of ether oxygens (including phenoxy) is 1. The number of hydrogen-bond donors (Lipinski definition) is 0. The van der Waals surface area contributed by atoms with Crippen molar-refractivity contribution >= 4 is 6.21 Å². The van der Waals surface area contributed by atoms with Gasteiger partial charge >= 0.3 is 0 Å². The number of pyridine rings is 1. The van der Waals surface area contributed by atoms with E-state index in [9.17, 15) is 0 Å². The summed E-state index contributed by atoms with van der Waals surface area (Å²) in [5, 5.41) is 0. The Morgan fingerprint density at radius 1 is 1.38 bits per heavy atom. The first-order valence-corrected chi connectivity index (χ1v) is 5.44. The van der Waals surface area contributed by atoms with Gasteiger partial charge < -0.3 is 9.64 Å². The van der Waals surface area contributed by atoms with E-state index in [1.54, 1.807) is 6.20 Å². The van der Waals surface area contributed by atoms with Crippen LogP contribution in [0.2, 0.25) is 0 Å². The summed E-state index contributed by atoms with van der Waals surface area (Å²) in [6.45, 7) is 2.34. The molecule has 0 spiro atoms. The molecule has 0 aromatic carbocycles. The van der Waals surface area contributed by atoms with Crippen LogP contribution in [0, 0.1) is 0 Å². The molecule has 0 amide bonds. The van der Waals surface area contributed by atoms with Crippen LogP contribution in [0.3, 0.4) is 0 Å². The van der Waals surface area contributed by atoms with E-state index in [1.165, 1.54) is 0 Å². The Hall–Kier alpha value is -1.84. The second-order valence-electron chi connectivity index (χ2n) is 3.91. The van der Waals surface area contributed by atoms with Crippen LogP contribution in [-0.2, 0) is 6.54 Å². The first kappa shape index (κ1) is 9.39. The fraction of sp³-hybridized carbons (Fsp3) is 0.333. The van der Waals surface area contributed by atoms with Gasteiger partial charge in [-0.25, -0.2) is 0 Å². The Bertz CT molecular complexity index is 453. The van der Waals surface area contributed by atoms with E-state index in [4.69, 9.17) is 4.74 Å². The monoisotopic (exact) mass is 215 g/mol. The summed E-state index contributed by atoms with van der Waals surface area (Å²) in [4.78, 5) is 10.6. The van der Waals surface area contributed by atoms with E-state index < -0.39 is 0 Å². The molecule has 16 heavy (non-hydrogen) atoms. The number of aliphatic imine (C=N–C) groups is 1. The normalized spacial score (nSPS) is 18.8. The van der Waals surface area contributed by atoms with Gasteiger partial charge in [-0.2, -0.15) is 0 Å². The largest absolute Gasteiger partial charge is 0.473 e. The number of aromatic nitrogens is 1. The fourth-order valence-electron chi connectivity index (χ4n) is 1.95. The van der Waals surface area contributed by atoms with E-state index >= 15 is 0 Å². The van der Waals surface area contributed by atoms with Gasteiger partial charge in [0.2, 0.25) is 0 Å². The van der Waals surface area contributed by atoms with Crippen LogP contribution < -0.4 is 4.74 Å². The van der Waals surface area contributed by atoms with Gasteiger partial charge in [-0.05, 0) is 12.5 Å². The number of allylic oxidation sites excluding steroid dienone is 1. The SMILES string of the molecule is C1=NCCC=C1N1COc2ccncc2C1. The Kier molecular flexibility index (Phi) is 2.33. The molecule has 0 unspecified atom stereocenters. The molecule has 0 radical (unpaired) electrons. The maximum absolute atomic E-state index is 5.67. The van der Waals surface area contributed by atoms with E-state index in [1.807, 2.05) is 18.5 Å². The van der Waals surface area contributed by atoms with Gasteiger partial charge in [0, 0.05) is 30.7 Å². The molecule has 0 atom stereocenters. The average Bonchev–Trinajstić information content (AvgIpc) is 2.39. The van der Waals surface area contributed by atoms with Gasteiger partial charge in [0.25, 0.3) is 0 Å². The van der Waals surface area contributed by atoms with Crippen molar-refractivity contribution in [1.29, 1.82) is 0 Å². The van der Waals surface area contributed by atoms with Crippen molar-refractivity contribution in [3.05, 3.63) is 35.8 Å². The molecule has 0 N–H and O–H groups in total. The van der Waals surface area contributed by atoms with E-state index in [2.05, 4.69) is 21.0 Å². The van der Waals surface area contributed by atoms with Gasteiger partial charge in [0.15, 0.2) is 6.73 Å². The van der Waals surface area contributed by atoms with E-state index in [-0.39, 0.29) is 0 Å². The Morgan fingerprint density at radius 3 is 3.25 bits per heavy atom. The minimum atomic E-state index is 0.592. The molecule has 82 valence electrons. The third kappa shape index (κ3) is 1.66. The maximum Gasteiger partial charge on any atom is 0.161 e. The molecule has 4 nitrogen and oxygen atoms in total. The zero-order chi connectivity index (χ0) is 10.8. The first-order chi connectivity index (χ1) is 7.93. The first-order valence-electron chi connectivity index (χ1n) is 5.44. The maximum atomic E-state index is 5.67. The summed E-state index contributed by atoms with van der Waals surface area (Å²) in [5.74, 6) is 0.944. The average molecular weight is 215 g/mol. The van der Waals surface area contributed by atoms with E-state index in [0.717, 1.165) is 36.5 Å². The molecule has 1 aromatic heterocycles. The van der Waals surface area contributed by atoms with Gasteiger partial charge in [0.1, 0.15) is 5.75 Å². The van der Waals surface area contributed by atoms with Crippen LogP contribution in [0.4, 0.5) is 0 Å². The van der Waals surface area contributed by atoms with Crippen LogP contribution in [-0.4, -0.2) is 29.4 Å². The standard InChI is InChI=1S/C12H13N3O/c1-2-11(7-13-4-1)15-8-10-6-14-5-3-12(10)16-9-15/h2-3,5-7H,1,4,8-9H2. The zero-order valence-corrected chi connectivity index (χ0v) is 8.97. The minimum Gasteiger partial charge on any atom is -0.473 e. The highest BCUT2D eigenvalue weighted by Gasteiger charge is 2.18. The second kappa shape index (κ2) is 3.96. The van der Waals surface area contributed by atoms with Crippen molar-refractivity contribution in [1.82, 2.24) is 9.88 Å². The summed E-state index contributed by atoms with van der Waals surface area (Å²) in [7, 11) is 0. The number of dihydropyridines is 1. The number of hydrogen-bond acceptors (Lipinski definition) is 4. The quantitative estimate of drug-likeness (QED) is 0.714. The summed E-state index contributed by atoms with van der Waals surface area (Å²) < 4.78 is 5.67. The van der Waals surface area contributed by atoms with Gasteiger partial charge in [-0.3, -0.25) is 9.98 Å². The minimum absolute atomic E-state index is 0.592. The molecule has 0 saturated carbocycles. The topological polar surface area (TPSA) is 37.7 Å². The second-order valence-corrected chi connectivity index (χ2v) is 3.91. The van der Waals surface area contributed by atoms with E-state index in [0.29, 0.717) is 6.73 Å². The molecule has 3 rings (SSSR count). The Morgan fingerprint density at radius 2 is 2.38 bits per heavy atom. The van der Waals surface area contributed by atoms with Crippen molar-refractivity contribution < 1.29 is 4.74 Å². The lowest BCUT2D eigenvalue weighted by Crippen LogP contribution is -2.32. The highest BCUT2D eigenvalue weighted by Crippen LogP contribution is 2.25. The molecule has 2 aliphatic heterocycles. The third-order valence-electron chi connectivity index (χ3n) is 2.80. The molecule has 0 saturated heterocycles. The Balaban J connectivity index is 1.82. The summed E-state index contributed by atoms with van der Waals surface area (Å²) in [6.07, 6.45) is 8.77. The van der Waals surface area contributed by atoms with Crippen molar-refractivity contribution in [2.24, 2.45) is 4.99 Å². The molecule has 3 heterocycles. The predicted molar refractivity (Wildman–Crippen MR) is 61.3 cm³/mol. The molecule has 0 fully saturated rings. The fourth-order valence-corrected chi connectivity index (χ4v) is 1.95. The van der Waals surface area contributed by atoms with Crippen LogP contribution in [0.25, 0.3) is 0 Å². The molecule has 2 aliphatic rings. The molecule has 0 aliphatic carbocycles. The summed E-state index contributed by atoms with van der Waals surface area (Å²) in [6, 6.07) is 1.91. The van der Waals surface area contributed by atoms with Crippen LogP contribution in [0.5, 0.6) is 5.75 Å². The Labute approximate surface area is 94.3 Å². The van der Waals surface area contributed by atoms with Crippen LogP contribution >= 0.6 is 0 Å². The third-order valence-corrected chi connectivity index (χ3v) is 2.80. The van der Waals surface area contributed by atoms with Crippen molar-refractivity contribution in [2.75, 3.05) is 13.3 Å². The van der Waals surface area contributed by atoms with Gasteiger partial charge in [-0.15, -0.1) is 0 Å². The highest BCUT2D eigenvalue weighted by molar-refractivity contribution is 5.78. The number of rotatable bonds is 1.